The van der Waals surface area contributed by atoms with Crippen molar-refractivity contribution in [1.29, 1.82) is 0 Å². The Morgan fingerprint density at radius 1 is 1.56 bits per heavy atom. The first-order valence-corrected chi connectivity index (χ1v) is 7.29. The van der Waals surface area contributed by atoms with Crippen LogP contribution in [-0.4, -0.2) is 34.1 Å². The van der Waals surface area contributed by atoms with E-state index in [1.54, 1.807) is 12.3 Å². The maximum Gasteiger partial charge on any atom is 0.233 e. The van der Waals surface area contributed by atoms with Gasteiger partial charge in [-0.05, 0) is 38.3 Å². The first-order valence-electron chi connectivity index (χ1n) is 6.30. The van der Waals surface area contributed by atoms with Gasteiger partial charge in [0.2, 0.25) is 5.91 Å². The Labute approximate surface area is 112 Å². The second-order valence-corrected chi connectivity index (χ2v) is 5.69. The molecular weight excluding hydrogens is 246 g/mol. The van der Waals surface area contributed by atoms with Crippen LogP contribution in [0.5, 0.6) is 0 Å². The highest BCUT2D eigenvalue weighted by Gasteiger charge is 2.22. The summed E-state index contributed by atoms with van der Waals surface area (Å²) in [4.78, 5) is 19.1. The highest BCUT2D eigenvalue weighted by Crippen LogP contribution is 2.21. The van der Waals surface area contributed by atoms with Gasteiger partial charge >= 0.3 is 0 Å². The van der Waals surface area contributed by atoms with Crippen LogP contribution in [0.25, 0.3) is 0 Å². The molecule has 0 radical (unpaired) electrons. The first-order chi connectivity index (χ1) is 8.66. The van der Waals surface area contributed by atoms with Crippen molar-refractivity contribution in [3.8, 4) is 0 Å². The highest BCUT2D eigenvalue weighted by molar-refractivity contribution is 8.00. The number of amides is 1. The third-order valence-electron chi connectivity index (χ3n) is 3.24. The van der Waals surface area contributed by atoms with Gasteiger partial charge in [-0.15, -0.1) is 11.8 Å². The fourth-order valence-corrected chi connectivity index (χ4v) is 2.92. The van der Waals surface area contributed by atoms with E-state index in [4.69, 9.17) is 5.73 Å². The van der Waals surface area contributed by atoms with Crippen LogP contribution in [0.15, 0.2) is 23.2 Å². The summed E-state index contributed by atoms with van der Waals surface area (Å²) in [5, 5.41) is 0. The monoisotopic (exact) mass is 265 g/mol. The minimum absolute atomic E-state index is 0.226. The van der Waals surface area contributed by atoms with Crippen LogP contribution in [0.2, 0.25) is 0 Å². The SMILES string of the molecule is CC1CCCCN1C(=O)CSc1ccc(N)nc1. The molecule has 1 unspecified atom stereocenters. The molecule has 1 aliphatic rings. The third kappa shape index (κ3) is 3.38. The normalized spacial score (nSPS) is 19.8. The number of carbonyl (C=O) groups excluding carboxylic acids is 1. The Hall–Kier alpha value is -1.23. The topological polar surface area (TPSA) is 59.2 Å². The average Bonchev–Trinajstić information content (AvgIpc) is 2.38. The summed E-state index contributed by atoms with van der Waals surface area (Å²) in [6.07, 6.45) is 5.21. The van der Waals surface area contributed by atoms with E-state index in [1.165, 1.54) is 18.2 Å². The number of aromatic nitrogens is 1. The molecule has 1 aromatic rings. The molecule has 2 heterocycles. The first kappa shape index (κ1) is 13.2. The largest absolute Gasteiger partial charge is 0.384 e. The number of hydrogen-bond donors (Lipinski definition) is 1. The van der Waals surface area contributed by atoms with Crippen molar-refractivity contribution in [2.75, 3.05) is 18.0 Å². The molecule has 5 heteroatoms. The number of carbonyl (C=O) groups is 1. The molecule has 1 atom stereocenters. The number of pyridine rings is 1. The molecule has 0 aromatic carbocycles. The maximum atomic E-state index is 12.1. The van der Waals surface area contributed by atoms with E-state index in [9.17, 15) is 4.79 Å². The number of anilines is 1. The zero-order valence-electron chi connectivity index (χ0n) is 10.6. The molecule has 1 aliphatic heterocycles. The van der Waals surface area contributed by atoms with Crippen LogP contribution in [0, 0.1) is 0 Å². The minimum atomic E-state index is 0.226. The number of piperidine rings is 1. The number of thioether (sulfide) groups is 1. The lowest BCUT2D eigenvalue weighted by atomic mass is 10.0. The Bertz CT molecular complexity index is 407. The summed E-state index contributed by atoms with van der Waals surface area (Å²) < 4.78 is 0. The molecule has 1 fully saturated rings. The van der Waals surface area contributed by atoms with Gasteiger partial charge < -0.3 is 10.6 Å². The van der Waals surface area contributed by atoms with E-state index in [0.29, 0.717) is 17.6 Å². The number of nitrogens with zero attached hydrogens (tertiary/aromatic N) is 2. The van der Waals surface area contributed by atoms with Gasteiger partial charge in [0.25, 0.3) is 0 Å². The summed E-state index contributed by atoms with van der Waals surface area (Å²) in [6, 6.07) is 4.05. The Kier molecular flexibility index (Phi) is 4.47. The van der Waals surface area contributed by atoms with Crippen molar-refractivity contribution < 1.29 is 4.79 Å². The van der Waals surface area contributed by atoms with E-state index in [1.807, 2.05) is 11.0 Å². The summed E-state index contributed by atoms with van der Waals surface area (Å²) in [7, 11) is 0. The highest BCUT2D eigenvalue weighted by atomic mass is 32.2. The molecule has 4 nitrogen and oxygen atoms in total. The summed E-state index contributed by atoms with van der Waals surface area (Å²) in [5.74, 6) is 1.22. The standard InChI is InChI=1S/C13H19N3OS/c1-10-4-2-3-7-16(10)13(17)9-18-11-5-6-12(14)15-8-11/h5-6,8,10H,2-4,7,9H2,1H3,(H2,14,15). The zero-order valence-corrected chi connectivity index (χ0v) is 11.4. The van der Waals surface area contributed by atoms with Crippen molar-refractivity contribution in [3.63, 3.8) is 0 Å². The van der Waals surface area contributed by atoms with Gasteiger partial charge in [-0.25, -0.2) is 4.98 Å². The van der Waals surface area contributed by atoms with Crippen molar-refractivity contribution in [1.82, 2.24) is 9.88 Å². The molecule has 2 N–H and O–H groups in total. The minimum Gasteiger partial charge on any atom is -0.384 e. The van der Waals surface area contributed by atoms with Crippen LogP contribution >= 0.6 is 11.8 Å². The second-order valence-electron chi connectivity index (χ2n) is 4.64. The van der Waals surface area contributed by atoms with E-state index in [2.05, 4.69) is 11.9 Å². The molecule has 98 valence electrons. The third-order valence-corrected chi connectivity index (χ3v) is 4.21. The predicted octanol–water partition coefficient (Wildman–Crippen LogP) is 2.16. The Morgan fingerprint density at radius 3 is 3.06 bits per heavy atom. The van der Waals surface area contributed by atoms with Crippen LogP contribution in [0.4, 0.5) is 5.82 Å². The van der Waals surface area contributed by atoms with Crippen LogP contribution in [0.3, 0.4) is 0 Å². The Morgan fingerprint density at radius 2 is 2.39 bits per heavy atom. The second kappa shape index (κ2) is 6.09. The predicted molar refractivity (Wildman–Crippen MR) is 74.4 cm³/mol. The van der Waals surface area contributed by atoms with Crippen molar-refractivity contribution in [3.05, 3.63) is 18.3 Å². The summed E-state index contributed by atoms with van der Waals surface area (Å²) in [5.41, 5.74) is 5.52. The molecule has 0 spiro atoms. The molecule has 1 amide bonds. The van der Waals surface area contributed by atoms with E-state index in [0.717, 1.165) is 24.3 Å². The van der Waals surface area contributed by atoms with Gasteiger partial charge in [0.15, 0.2) is 0 Å². The zero-order chi connectivity index (χ0) is 13.0. The molecule has 18 heavy (non-hydrogen) atoms. The van der Waals surface area contributed by atoms with E-state index < -0.39 is 0 Å². The lowest BCUT2D eigenvalue weighted by Gasteiger charge is -2.33. The van der Waals surface area contributed by atoms with Crippen LogP contribution < -0.4 is 5.73 Å². The molecular formula is C13H19N3OS. The van der Waals surface area contributed by atoms with Gasteiger partial charge in [0, 0.05) is 23.7 Å². The molecule has 1 aromatic heterocycles. The average molecular weight is 265 g/mol. The van der Waals surface area contributed by atoms with E-state index in [-0.39, 0.29) is 5.91 Å². The lowest BCUT2D eigenvalue weighted by molar-refractivity contribution is -0.131. The fraction of sp³-hybridized carbons (Fsp3) is 0.538. The summed E-state index contributed by atoms with van der Waals surface area (Å²) >= 11 is 1.52. The molecule has 0 aliphatic carbocycles. The molecule has 1 saturated heterocycles. The number of nitrogen functional groups attached to an aromatic ring is 1. The molecule has 0 saturated carbocycles. The Balaban J connectivity index is 1.85. The smallest absolute Gasteiger partial charge is 0.233 e. The number of nitrogens with two attached hydrogens (primary N) is 1. The van der Waals surface area contributed by atoms with Gasteiger partial charge in [-0.3, -0.25) is 4.79 Å². The molecule has 2 rings (SSSR count). The van der Waals surface area contributed by atoms with Gasteiger partial charge in [-0.1, -0.05) is 0 Å². The quantitative estimate of drug-likeness (QED) is 0.851. The van der Waals surface area contributed by atoms with Gasteiger partial charge in [0.05, 0.1) is 5.75 Å². The number of hydrogen-bond acceptors (Lipinski definition) is 4. The van der Waals surface area contributed by atoms with Crippen LogP contribution in [0.1, 0.15) is 26.2 Å². The van der Waals surface area contributed by atoms with Crippen LogP contribution in [-0.2, 0) is 4.79 Å². The number of likely N-dealkylation sites (tertiary alicyclic amines) is 1. The molecule has 0 bridgehead atoms. The van der Waals surface area contributed by atoms with E-state index >= 15 is 0 Å². The number of rotatable bonds is 3. The summed E-state index contributed by atoms with van der Waals surface area (Å²) in [6.45, 7) is 3.03. The fourth-order valence-electron chi connectivity index (χ4n) is 2.17. The maximum absolute atomic E-state index is 12.1. The van der Waals surface area contributed by atoms with Gasteiger partial charge in [-0.2, -0.15) is 0 Å². The van der Waals surface area contributed by atoms with Crippen molar-refractivity contribution >= 4 is 23.5 Å². The van der Waals surface area contributed by atoms with Crippen molar-refractivity contribution in [2.45, 2.75) is 37.1 Å². The van der Waals surface area contributed by atoms with Crippen molar-refractivity contribution in [2.24, 2.45) is 0 Å². The lowest BCUT2D eigenvalue weighted by Crippen LogP contribution is -2.42. The van der Waals surface area contributed by atoms with Gasteiger partial charge in [0.1, 0.15) is 5.82 Å².